The van der Waals surface area contributed by atoms with Crippen LogP contribution in [0.3, 0.4) is 0 Å². The van der Waals surface area contributed by atoms with Crippen molar-refractivity contribution in [3.8, 4) is 0 Å². The van der Waals surface area contributed by atoms with Crippen molar-refractivity contribution in [3.63, 3.8) is 0 Å². The monoisotopic (exact) mass is 377 g/mol. The zero-order valence-corrected chi connectivity index (χ0v) is 13.0. The van der Waals surface area contributed by atoms with E-state index in [0.717, 1.165) is 10.2 Å². The molecule has 2 aromatic rings. The second-order valence-corrected chi connectivity index (χ2v) is 6.65. The predicted octanol–water partition coefficient (Wildman–Crippen LogP) is 5.33. The Labute approximate surface area is 120 Å². The van der Waals surface area contributed by atoms with E-state index in [1.54, 1.807) is 17.4 Å². The molecule has 0 bridgehead atoms. The fraction of sp³-hybridized carbons (Fsp3) is 0.167. The SMILES string of the molecule is Cc1sc(CNc2ccc(Br)c(F)c2)cc1Br. The van der Waals surface area contributed by atoms with Gasteiger partial charge in [-0.1, -0.05) is 0 Å². The van der Waals surface area contributed by atoms with E-state index >= 15 is 0 Å². The normalized spacial score (nSPS) is 10.6. The number of nitrogens with one attached hydrogen (secondary N) is 1. The zero-order chi connectivity index (χ0) is 12.4. The van der Waals surface area contributed by atoms with Gasteiger partial charge in [0.1, 0.15) is 5.82 Å². The average Bonchev–Trinajstić information content (AvgIpc) is 2.60. The summed E-state index contributed by atoms with van der Waals surface area (Å²) in [5.74, 6) is -0.251. The Bertz CT molecular complexity index is 520. The van der Waals surface area contributed by atoms with Gasteiger partial charge in [0.2, 0.25) is 0 Å². The van der Waals surface area contributed by atoms with Gasteiger partial charge in [-0.15, -0.1) is 11.3 Å². The fourth-order valence-corrected chi connectivity index (χ4v) is 3.19. The summed E-state index contributed by atoms with van der Waals surface area (Å²) in [4.78, 5) is 2.47. The molecule has 0 aliphatic heterocycles. The van der Waals surface area contributed by atoms with Crippen molar-refractivity contribution in [2.45, 2.75) is 13.5 Å². The maximum atomic E-state index is 13.3. The quantitative estimate of drug-likeness (QED) is 0.760. The number of hydrogen-bond donors (Lipinski definition) is 1. The van der Waals surface area contributed by atoms with Crippen LogP contribution < -0.4 is 5.32 Å². The second-order valence-electron chi connectivity index (χ2n) is 3.60. The van der Waals surface area contributed by atoms with E-state index in [4.69, 9.17) is 0 Å². The Morgan fingerprint density at radius 1 is 1.24 bits per heavy atom. The third kappa shape index (κ3) is 3.30. The molecule has 0 atom stereocenters. The standard InChI is InChI=1S/C12H10Br2FNS/c1-7-11(14)5-9(17-7)6-16-8-2-3-10(13)12(15)4-8/h2-5,16H,6H2,1H3. The molecule has 1 N–H and O–H groups in total. The summed E-state index contributed by atoms with van der Waals surface area (Å²) in [7, 11) is 0. The minimum Gasteiger partial charge on any atom is -0.380 e. The first kappa shape index (κ1) is 13.1. The van der Waals surface area contributed by atoms with E-state index in [1.165, 1.54) is 15.8 Å². The van der Waals surface area contributed by atoms with E-state index in [2.05, 4.69) is 50.2 Å². The number of thiophene rings is 1. The molecule has 0 fully saturated rings. The summed E-state index contributed by atoms with van der Waals surface area (Å²) in [5.41, 5.74) is 0.785. The summed E-state index contributed by atoms with van der Waals surface area (Å²) < 4.78 is 14.9. The number of halogens is 3. The summed E-state index contributed by atoms with van der Waals surface area (Å²) in [6.45, 7) is 2.77. The molecule has 0 saturated carbocycles. The highest BCUT2D eigenvalue weighted by Gasteiger charge is 2.04. The molecule has 90 valence electrons. The zero-order valence-electron chi connectivity index (χ0n) is 9.06. The van der Waals surface area contributed by atoms with E-state index < -0.39 is 0 Å². The highest BCUT2D eigenvalue weighted by molar-refractivity contribution is 9.10. The number of anilines is 1. The van der Waals surface area contributed by atoms with E-state index in [0.29, 0.717) is 11.0 Å². The molecule has 0 aliphatic rings. The largest absolute Gasteiger partial charge is 0.380 e. The Hall–Kier alpha value is -0.390. The molecular weight excluding hydrogens is 369 g/mol. The lowest BCUT2D eigenvalue weighted by Gasteiger charge is -2.05. The Balaban J connectivity index is 2.04. The number of rotatable bonds is 3. The molecule has 0 saturated heterocycles. The molecule has 1 aromatic heterocycles. The summed E-state index contributed by atoms with van der Waals surface area (Å²) in [6, 6.07) is 7.12. The summed E-state index contributed by atoms with van der Waals surface area (Å²) >= 11 is 8.34. The van der Waals surface area contributed by atoms with Gasteiger partial charge >= 0.3 is 0 Å². The van der Waals surface area contributed by atoms with Gasteiger partial charge in [0.25, 0.3) is 0 Å². The first-order chi connectivity index (χ1) is 8.06. The first-order valence-corrected chi connectivity index (χ1v) is 7.40. The van der Waals surface area contributed by atoms with Gasteiger partial charge in [-0.05, 0) is 63.0 Å². The van der Waals surface area contributed by atoms with Crippen LogP contribution in [0.15, 0.2) is 33.2 Å². The molecular formula is C12H10Br2FNS. The Morgan fingerprint density at radius 3 is 2.59 bits per heavy atom. The van der Waals surface area contributed by atoms with Gasteiger partial charge in [-0.2, -0.15) is 0 Å². The fourth-order valence-electron chi connectivity index (χ4n) is 1.40. The third-order valence-electron chi connectivity index (χ3n) is 2.29. The van der Waals surface area contributed by atoms with Crippen LogP contribution in [0.1, 0.15) is 9.75 Å². The average molecular weight is 379 g/mol. The van der Waals surface area contributed by atoms with Gasteiger partial charge in [0.05, 0.1) is 4.47 Å². The van der Waals surface area contributed by atoms with Crippen molar-refractivity contribution in [1.29, 1.82) is 0 Å². The van der Waals surface area contributed by atoms with Crippen LogP contribution in [-0.4, -0.2) is 0 Å². The van der Waals surface area contributed by atoms with Crippen molar-refractivity contribution in [2.75, 3.05) is 5.32 Å². The molecule has 17 heavy (non-hydrogen) atoms. The molecule has 0 aliphatic carbocycles. The van der Waals surface area contributed by atoms with Gasteiger partial charge in [-0.25, -0.2) is 4.39 Å². The topological polar surface area (TPSA) is 12.0 Å². The van der Waals surface area contributed by atoms with E-state index in [9.17, 15) is 4.39 Å². The highest BCUT2D eigenvalue weighted by atomic mass is 79.9. The lowest BCUT2D eigenvalue weighted by Crippen LogP contribution is -1.97. The van der Waals surface area contributed by atoms with Crippen molar-refractivity contribution in [2.24, 2.45) is 0 Å². The van der Waals surface area contributed by atoms with Crippen LogP contribution in [0, 0.1) is 12.7 Å². The van der Waals surface area contributed by atoms with Crippen LogP contribution in [0.25, 0.3) is 0 Å². The third-order valence-corrected chi connectivity index (χ3v) is 5.07. The van der Waals surface area contributed by atoms with Crippen molar-refractivity contribution in [1.82, 2.24) is 0 Å². The van der Waals surface area contributed by atoms with Crippen LogP contribution in [0.5, 0.6) is 0 Å². The lowest BCUT2D eigenvalue weighted by molar-refractivity contribution is 0.621. The minimum absolute atomic E-state index is 0.251. The van der Waals surface area contributed by atoms with Gasteiger partial charge in [0.15, 0.2) is 0 Å². The van der Waals surface area contributed by atoms with Crippen LogP contribution in [-0.2, 0) is 6.54 Å². The summed E-state index contributed by atoms with van der Waals surface area (Å²) in [6.07, 6.45) is 0. The molecule has 1 heterocycles. The molecule has 1 nitrogen and oxygen atoms in total. The van der Waals surface area contributed by atoms with Crippen LogP contribution >= 0.6 is 43.2 Å². The molecule has 0 amide bonds. The number of hydrogen-bond acceptors (Lipinski definition) is 2. The molecule has 2 rings (SSSR count). The summed E-state index contributed by atoms with van der Waals surface area (Å²) in [5, 5.41) is 3.20. The molecule has 0 radical (unpaired) electrons. The number of aryl methyl sites for hydroxylation is 1. The molecule has 1 aromatic carbocycles. The van der Waals surface area contributed by atoms with E-state index in [1.807, 2.05) is 6.07 Å². The molecule has 0 spiro atoms. The lowest BCUT2D eigenvalue weighted by atomic mass is 10.3. The minimum atomic E-state index is -0.251. The van der Waals surface area contributed by atoms with Crippen molar-refractivity contribution in [3.05, 3.63) is 48.8 Å². The Kier molecular flexibility index (Phi) is 4.22. The van der Waals surface area contributed by atoms with Gasteiger partial charge in [0, 0.05) is 26.5 Å². The highest BCUT2D eigenvalue weighted by Crippen LogP contribution is 2.27. The maximum Gasteiger partial charge on any atom is 0.139 e. The van der Waals surface area contributed by atoms with Crippen LogP contribution in [0.4, 0.5) is 10.1 Å². The predicted molar refractivity (Wildman–Crippen MR) is 78.2 cm³/mol. The van der Waals surface area contributed by atoms with Crippen LogP contribution in [0.2, 0.25) is 0 Å². The van der Waals surface area contributed by atoms with E-state index in [-0.39, 0.29) is 5.82 Å². The number of benzene rings is 1. The van der Waals surface area contributed by atoms with Crippen molar-refractivity contribution < 1.29 is 4.39 Å². The molecule has 5 heteroatoms. The maximum absolute atomic E-state index is 13.3. The smallest absolute Gasteiger partial charge is 0.139 e. The van der Waals surface area contributed by atoms with Crippen molar-refractivity contribution >= 4 is 48.9 Å². The van der Waals surface area contributed by atoms with Gasteiger partial charge in [-0.3, -0.25) is 0 Å². The second kappa shape index (κ2) is 5.50. The Morgan fingerprint density at radius 2 is 2.00 bits per heavy atom. The van der Waals surface area contributed by atoms with Gasteiger partial charge < -0.3 is 5.32 Å². The molecule has 0 unspecified atom stereocenters. The first-order valence-electron chi connectivity index (χ1n) is 5.00.